The highest BCUT2D eigenvalue weighted by atomic mass is 19.1. The van der Waals surface area contributed by atoms with Crippen LogP contribution in [0.5, 0.6) is 0 Å². The standard InChI is InChI=1S/C20H28FN5O2/c1-5-26(12-17(27)23-14(2)3)13-18(28)24-19(20-22-10-11-25(20)4)15-6-8-16(21)9-7-15/h6-11,14,19H,5,12-13H2,1-4H3,(H,23,27)(H,24,28)/t19-/m1/s1. The summed E-state index contributed by atoms with van der Waals surface area (Å²) in [6.07, 6.45) is 3.43. The lowest BCUT2D eigenvalue weighted by molar-refractivity contribution is -0.125. The molecule has 1 heterocycles. The van der Waals surface area contributed by atoms with Gasteiger partial charge in [-0.15, -0.1) is 0 Å². The molecule has 7 nitrogen and oxygen atoms in total. The number of hydrogen-bond acceptors (Lipinski definition) is 4. The molecule has 0 fully saturated rings. The number of carbonyl (C=O) groups is 2. The average Bonchev–Trinajstić information content (AvgIpc) is 3.05. The first-order chi connectivity index (χ1) is 13.3. The Morgan fingerprint density at radius 2 is 1.75 bits per heavy atom. The Morgan fingerprint density at radius 1 is 1.14 bits per heavy atom. The molecule has 1 aromatic carbocycles. The second-order valence-electron chi connectivity index (χ2n) is 6.97. The van der Waals surface area contributed by atoms with Gasteiger partial charge in [0.1, 0.15) is 17.7 Å². The zero-order valence-electron chi connectivity index (χ0n) is 16.8. The lowest BCUT2D eigenvalue weighted by Crippen LogP contribution is -2.45. The maximum Gasteiger partial charge on any atom is 0.235 e. The van der Waals surface area contributed by atoms with Crippen molar-refractivity contribution in [2.45, 2.75) is 32.9 Å². The van der Waals surface area contributed by atoms with E-state index in [1.165, 1.54) is 12.1 Å². The number of rotatable bonds is 9. The smallest absolute Gasteiger partial charge is 0.235 e. The molecule has 2 N–H and O–H groups in total. The topological polar surface area (TPSA) is 79.3 Å². The predicted octanol–water partition coefficient (Wildman–Crippen LogP) is 1.61. The van der Waals surface area contributed by atoms with Crippen LogP contribution in [0.1, 0.15) is 38.2 Å². The lowest BCUT2D eigenvalue weighted by Gasteiger charge is -2.23. The van der Waals surface area contributed by atoms with Gasteiger partial charge in [-0.05, 0) is 38.1 Å². The Labute approximate surface area is 164 Å². The molecule has 0 spiro atoms. The first-order valence-corrected chi connectivity index (χ1v) is 9.34. The Morgan fingerprint density at radius 3 is 2.25 bits per heavy atom. The summed E-state index contributed by atoms with van der Waals surface area (Å²) < 4.78 is 15.1. The summed E-state index contributed by atoms with van der Waals surface area (Å²) in [7, 11) is 1.83. The van der Waals surface area contributed by atoms with Gasteiger partial charge in [-0.25, -0.2) is 9.37 Å². The highest BCUT2D eigenvalue weighted by Crippen LogP contribution is 2.20. The van der Waals surface area contributed by atoms with Crippen LogP contribution in [0.2, 0.25) is 0 Å². The predicted molar refractivity (Wildman–Crippen MR) is 105 cm³/mol. The third-order valence-electron chi connectivity index (χ3n) is 4.26. The molecule has 28 heavy (non-hydrogen) atoms. The van der Waals surface area contributed by atoms with Gasteiger partial charge in [-0.3, -0.25) is 14.5 Å². The second kappa shape index (κ2) is 9.98. The molecule has 2 amide bonds. The van der Waals surface area contributed by atoms with E-state index >= 15 is 0 Å². The molecular formula is C20H28FN5O2. The van der Waals surface area contributed by atoms with Gasteiger partial charge in [0, 0.05) is 25.5 Å². The van der Waals surface area contributed by atoms with E-state index in [1.807, 2.05) is 32.4 Å². The van der Waals surface area contributed by atoms with Gasteiger partial charge in [0.15, 0.2) is 0 Å². The van der Waals surface area contributed by atoms with Gasteiger partial charge < -0.3 is 15.2 Å². The largest absolute Gasteiger partial charge is 0.353 e. The minimum atomic E-state index is -0.517. The maximum atomic E-state index is 13.3. The maximum absolute atomic E-state index is 13.3. The normalized spacial score (nSPS) is 12.2. The van der Waals surface area contributed by atoms with Crippen LogP contribution in [-0.2, 0) is 16.6 Å². The molecule has 1 aromatic heterocycles. The summed E-state index contributed by atoms with van der Waals surface area (Å²) in [6, 6.07) is 5.49. The van der Waals surface area contributed by atoms with E-state index in [2.05, 4.69) is 15.6 Å². The van der Waals surface area contributed by atoms with Gasteiger partial charge in [-0.1, -0.05) is 19.1 Å². The Bertz CT molecular complexity index is 788. The minimum absolute atomic E-state index is 0.0475. The van der Waals surface area contributed by atoms with E-state index in [9.17, 15) is 14.0 Å². The van der Waals surface area contributed by atoms with E-state index in [-0.39, 0.29) is 36.8 Å². The first-order valence-electron chi connectivity index (χ1n) is 9.34. The summed E-state index contributed by atoms with van der Waals surface area (Å²) in [5, 5.41) is 5.78. The number of imidazole rings is 1. The lowest BCUT2D eigenvalue weighted by atomic mass is 10.1. The fraction of sp³-hybridized carbons (Fsp3) is 0.450. The van der Waals surface area contributed by atoms with E-state index < -0.39 is 6.04 Å². The van der Waals surface area contributed by atoms with Crippen LogP contribution in [-0.4, -0.2) is 51.9 Å². The number of aromatic nitrogens is 2. The van der Waals surface area contributed by atoms with Crippen molar-refractivity contribution in [3.8, 4) is 0 Å². The fourth-order valence-corrected chi connectivity index (χ4v) is 2.87. The third-order valence-corrected chi connectivity index (χ3v) is 4.26. The molecule has 0 bridgehead atoms. The molecule has 2 aromatic rings. The number of nitrogens with one attached hydrogen (secondary N) is 2. The molecular weight excluding hydrogens is 361 g/mol. The van der Waals surface area contributed by atoms with Crippen molar-refractivity contribution in [2.24, 2.45) is 7.05 Å². The summed E-state index contributed by atoms with van der Waals surface area (Å²) in [4.78, 5) is 30.7. The van der Waals surface area contributed by atoms with Crippen LogP contribution in [0.3, 0.4) is 0 Å². The Kier molecular flexibility index (Phi) is 7.69. The zero-order chi connectivity index (χ0) is 20.7. The molecule has 0 aliphatic heterocycles. The van der Waals surface area contributed by atoms with Crippen molar-refractivity contribution in [3.05, 3.63) is 53.9 Å². The number of amides is 2. The highest BCUT2D eigenvalue weighted by molar-refractivity contribution is 5.81. The van der Waals surface area contributed by atoms with Crippen LogP contribution in [0, 0.1) is 5.82 Å². The molecule has 0 saturated carbocycles. The van der Waals surface area contributed by atoms with Crippen LogP contribution in [0.15, 0.2) is 36.7 Å². The van der Waals surface area contributed by atoms with Crippen molar-refractivity contribution in [3.63, 3.8) is 0 Å². The van der Waals surface area contributed by atoms with Crippen molar-refractivity contribution >= 4 is 11.8 Å². The highest BCUT2D eigenvalue weighted by Gasteiger charge is 2.22. The molecule has 0 saturated heterocycles. The number of carbonyl (C=O) groups excluding carboxylic acids is 2. The van der Waals surface area contributed by atoms with E-state index in [4.69, 9.17) is 0 Å². The summed E-state index contributed by atoms with van der Waals surface area (Å²) in [5.74, 6) is -0.0668. The van der Waals surface area contributed by atoms with Crippen molar-refractivity contribution < 1.29 is 14.0 Å². The van der Waals surface area contributed by atoms with Crippen molar-refractivity contribution in [2.75, 3.05) is 19.6 Å². The molecule has 0 unspecified atom stereocenters. The van der Waals surface area contributed by atoms with Crippen LogP contribution < -0.4 is 10.6 Å². The van der Waals surface area contributed by atoms with Crippen LogP contribution in [0.25, 0.3) is 0 Å². The molecule has 152 valence electrons. The number of halogens is 1. The van der Waals surface area contributed by atoms with Crippen molar-refractivity contribution in [1.82, 2.24) is 25.1 Å². The fourth-order valence-electron chi connectivity index (χ4n) is 2.87. The summed E-state index contributed by atoms with van der Waals surface area (Å²) in [5.41, 5.74) is 0.727. The zero-order valence-corrected chi connectivity index (χ0v) is 16.8. The Balaban J connectivity index is 2.10. The van der Waals surface area contributed by atoms with Gasteiger partial charge in [-0.2, -0.15) is 0 Å². The number of nitrogens with zero attached hydrogens (tertiary/aromatic N) is 3. The summed E-state index contributed by atoms with van der Waals surface area (Å²) in [6.45, 7) is 6.45. The van der Waals surface area contributed by atoms with E-state index in [0.717, 1.165) is 5.56 Å². The van der Waals surface area contributed by atoms with Gasteiger partial charge in [0.2, 0.25) is 11.8 Å². The molecule has 0 radical (unpaired) electrons. The number of aryl methyl sites for hydroxylation is 1. The Hall–Kier alpha value is -2.74. The van der Waals surface area contributed by atoms with E-state index in [1.54, 1.807) is 29.4 Å². The third kappa shape index (κ3) is 6.16. The van der Waals surface area contributed by atoms with E-state index in [0.29, 0.717) is 12.4 Å². The first kappa shape index (κ1) is 21.6. The van der Waals surface area contributed by atoms with Gasteiger partial charge >= 0.3 is 0 Å². The average molecular weight is 389 g/mol. The molecule has 0 aliphatic carbocycles. The number of benzene rings is 1. The quantitative estimate of drug-likeness (QED) is 0.683. The number of hydrogen-bond donors (Lipinski definition) is 2. The second-order valence-corrected chi connectivity index (χ2v) is 6.97. The summed E-state index contributed by atoms with van der Waals surface area (Å²) >= 11 is 0. The number of likely N-dealkylation sites (N-methyl/N-ethyl adjacent to an activating group) is 1. The van der Waals surface area contributed by atoms with Gasteiger partial charge in [0.25, 0.3) is 0 Å². The molecule has 8 heteroatoms. The van der Waals surface area contributed by atoms with Crippen molar-refractivity contribution in [1.29, 1.82) is 0 Å². The SMILES string of the molecule is CCN(CC(=O)NC(C)C)CC(=O)N[C@H](c1ccc(F)cc1)c1nccn1C. The van der Waals surface area contributed by atoms with Crippen LogP contribution in [0.4, 0.5) is 4.39 Å². The van der Waals surface area contributed by atoms with Crippen LogP contribution >= 0.6 is 0 Å². The van der Waals surface area contributed by atoms with Gasteiger partial charge in [0.05, 0.1) is 13.1 Å². The monoisotopic (exact) mass is 389 g/mol. The minimum Gasteiger partial charge on any atom is -0.353 e. The molecule has 2 rings (SSSR count). The molecule has 1 atom stereocenters. The molecule has 0 aliphatic rings.